The molecule has 0 aliphatic rings. The van der Waals surface area contributed by atoms with E-state index < -0.39 is 10.0 Å². The molecule has 132 valence electrons. The van der Waals surface area contributed by atoms with E-state index in [0.717, 1.165) is 11.3 Å². The van der Waals surface area contributed by atoms with Crippen LogP contribution in [0.4, 0.5) is 5.69 Å². The molecule has 0 heterocycles. The van der Waals surface area contributed by atoms with E-state index >= 15 is 0 Å². The molecule has 0 amide bonds. The second-order valence-corrected chi connectivity index (χ2v) is 7.53. The van der Waals surface area contributed by atoms with Gasteiger partial charge in [-0.2, -0.15) is 5.26 Å². The highest BCUT2D eigenvalue weighted by molar-refractivity contribution is 7.89. The lowest BCUT2D eigenvalue weighted by Gasteiger charge is -2.18. The van der Waals surface area contributed by atoms with Gasteiger partial charge in [0.2, 0.25) is 10.0 Å². The van der Waals surface area contributed by atoms with Gasteiger partial charge in [-0.25, -0.2) is 13.6 Å². The lowest BCUT2D eigenvalue weighted by atomic mass is 10.1. The average molecular weight is 359 g/mol. The number of anilines is 1. The zero-order chi connectivity index (χ0) is 18.6. The Bertz CT molecular complexity index is 902. The predicted octanol–water partition coefficient (Wildman–Crippen LogP) is 3.17. The zero-order valence-electron chi connectivity index (χ0n) is 14.4. The number of ether oxygens (including phenoxy) is 1. The minimum Gasteiger partial charge on any atom is -0.491 e. The fourth-order valence-corrected chi connectivity index (χ4v) is 2.90. The highest BCUT2D eigenvalue weighted by Gasteiger charge is 2.14. The molecule has 0 saturated heterocycles. The van der Waals surface area contributed by atoms with E-state index in [1.54, 1.807) is 6.07 Å². The summed E-state index contributed by atoms with van der Waals surface area (Å²) in [6, 6.07) is 13.8. The van der Waals surface area contributed by atoms with Crippen LogP contribution < -0.4 is 15.2 Å². The molecule has 2 aromatic carbocycles. The number of hydrogen-bond donors (Lipinski definition) is 2. The number of sulfonamides is 1. The first-order valence-electron chi connectivity index (χ1n) is 7.81. The predicted molar refractivity (Wildman–Crippen MR) is 96.8 cm³/mol. The lowest BCUT2D eigenvalue weighted by molar-refractivity contribution is 0.242. The standard InChI is InChI=1S/C18H21N3O3S/c1-12(2)24-16-6-4-5-14(9-16)13(3)21-18-8-7-17(25(20,22)23)10-15(18)11-19/h4-10,12-13,21H,1-3H3,(H2,20,22,23). The Morgan fingerprint density at radius 2 is 1.88 bits per heavy atom. The molecule has 0 aliphatic carbocycles. The van der Waals surface area contributed by atoms with Gasteiger partial charge in [0.15, 0.2) is 0 Å². The first kappa shape index (κ1) is 18.8. The van der Waals surface area contributed by atoms with Crippen LogP contribution in [0.25, 0.3) is 0 Å². The number of benzene rings is 2. The molecule has 0 radical (unpaired) electrons. The monoisotopic (exact) mass is 359 g/mol. The Kier molecular flexibility index (Phi) is 5.67. The highest BCUT2D eigenvalue weighted by Crippen LogP contribution is 2.26. The van der Waals surface area contributed by atoms with Crippen LogP contribution in [0.1, 0.15) is 37.9 Å². The van der Waals surface area contributed by atoms with Crippen molar-refractivity contribution >= 4 is 15.7 Å². The first-order valence-corrected chi connectivity index (χ1v) is 9.35. The SMILES string of the molecule is CC(C)Oc1cccc(C(C)Nc2ccc(S(N)(=O)=O)cc2C#N)c1. The molecule has 0 bridgehead atoms. The van der Waals surface area contributed by atoms with Crippen LogP contribution in [-0.4, -0.2) is 14.5 Å². The van der Waals surface area contributed by atoms with Crippen molar-refractivity contribution < 1.29 is 13.2 Å². The maximum atomic E-state index is 11.4. The molecule has 0 aliphatic heterocycles. The Labute approximate surface area is 148 Å². The largest absolute Gasteiger partial charge is 0.491 e. The topological polar surface area (TPSA) is 105 Å². The van der Waals surface area contributed by atoms with Crippen molar-refractivity contribution in [2.75, 3.05) is 5.32 Å². The molecule has 1 atom stereocenters. The summed E-state index contributed by atoms with van der Waals surface area (Å²) in [6.07, 6.45) is 0.0782. The highest BCUT2D eigenvalue weighted by atomic mass is 32.2. The third-order valence-electron chi connectivity index (χ3n) is 3.54. The number of primary sulfonamides is 1. The summed E-state index contributed by atoms with van der Waals surface area (Å²) in [7, 11) is -3.85. The van der Waals surface area contributed by atoms with Crippen LogP contribution in [0.3, 0.4) is 0 Å². The van der Waals surface area contributed by atoms with Gasteiger partial charge in [-0.1, -0.05) is 12.1 Å². The van der Waals surface area contributed by atoms with E-state index in [1.807, 2.05) is 51.1 Å². The Hall–Kier alpha value is -2.56. The summed E-state index contributed by atoms with van der Waals surface area (Å²) in [5.41, 5.74) is 1.74. The van der Waals surface area contributed by atoms with Crippen molar-refractivity contribution in [1.29, 1.82) is 5.26 Å². The molecule has 1 unspecified atom stereocenters. The van der Waals surface area contributed by atoms with E-state index in [-0.39, 0.29) is 22.6 Å². The van der Waals surface area contributed by atoms with Gasteiger partial charge < -0.3 is 10.1 Å². The third-order valence-corrected chi connectivity index (χ3v) is 4.45. The van der Waals surface area contributed by atoms with Crippen molar-refractivity contribution in [1.82, 2.24) is 0 Å². The van der Waals surface area contributed by atoms with E-state index in [9.17, 15) is 13.7 Å². The Morgan fingerprint density at radius 1 is 1.16 bits per heavy atom. The van der Waals surface area contributed by atoms with Crippen molar-refractivity contribution in [3.8, 4) is 11.8 Å². The molecule has 7 heteroatoms. The van der Waals surface area contributed by atoms with Crippen LogP contribution in [0.2, 0.25) is 0 Å². The first-order chi connectivity index (χ1) is 11.7. The van der Waals surface area contributed by atoms with Crippen molar-refractivity contribution in [2.45, 2.75) is 37.8 Å². The fraction of sp³-hybridized carbons (Fsp3) is 0.278. The van der Waals surface area contributed by atoms with Gasteiger partial charge in [0, 0.05) is 6.04 Å². The number of hydrogen-bond acceptors (Lipinski definition) is 5. The van der Waals surface area contributed by atoms with Gasteiger partial charge >= 0.3 is 0 Å². The molecular weight excluding hydrogens is 338 g/mol. The van der Waals surface area contributed by atoms with Gasteiger partial charge in [0.1, 0.15) is 11.8 Å². The molecule has 0 spiro atoms. The van der Waals surface area contributed by atoms with Crippen LogP contribution in [0, 0.1) is 11.3 Å². The maximum Gasteiger partial charge on any atom is 0.238 e. The molecular formula is C18H21N3O3S. The quantitative estimate of drug-likeness (QED) is 0.824. The second-order valence-electron chi connectivity index (χ2n) is 5.97. The Morgan fingerprint density at radius 3 is 2.48 bits per heavy atom. The summed E-state index contributed by atoms with van der Waals surface area (Å²) in [5, 5.41) is 17.6. The molecule has 0 aromatic heterocycles. The molecule has 0 fully saturated rings. The van der Waals surface area contributed by atoms with E-state index in [4.69, 9.17) is 9.88 Å². The van der Waals surface area contributed by atoms with Gasteiger partial charge in [0.25, 0.3) is 0 Å². The van der Waals surface area contributed by atoms with E-state index in [2.05, 4.69) is 5.32 Å². The maximum absolute atomic E-state index is 11.4. The molecule has 2 aromatic rings. The van der Waals surface area contributed by atoms with Crippen LogP contribution in [0.15, 0.2) is 47.4 Å². The molecule has 2 rings (SSSR count). The second kappa shape index (κ2) is 7.55. The minimum atomic E-state index is -3.85. The summed E-state index contributed by atoms with van der Waals surface area (Å²) in [5.74, 6) is 0.770. The van der Waals surface area contributed by atoms with Crippen LogP contribution in [0.5, 0.6) is 5.75 Å². The van der Waals surface area contributed by atoms with Crippen LogP contribution in [-0.2, 0) is 10.0 Å². The normalized spacial score (nSPS) is 12.5. The van der Waals surface area contributed by atoms with Gasteiger partial charge in [-0.3, -0.25) is 0 Å². The molecule has 3 N–H and O–H groups in total. The van der Waals surface area contributed by atoms with E-state index in [1.165, 1.54) is 12.1 Å². The molecule has 6 nitrogen and oxygen atoms in total. The summed E-state index contributed by atoms with van der Waals surface area (Å²) < 4.78 is 28.5. The summed E-state index contributed by atoms with van der Waals surface area (Å²) in [6.45, 7) is 5.87. The van der Waals surface area contributed by atoms with Crippen molar-refractivity contribution in [2.24, 2.45) is 5.14 Å². The molecule has 0 saturated carbocycles. The zero-order valence-corrected chi connectivity index (χ0v) is 15.2. The smallest absolute Gasteiger partial charge is 0.238 e. The number of nitriles is 1. The summed E-state index contributed by atoms with van der Waals surface area (Å²) >= 11 is 0. The van der Waals surface area contributed by atoms with E-state index in [0.29, 0.717) is 5.69 Å². The van der Waals surface area contributed by atoms with Gasteiger partial charge in [-0.15, -0.1) is 0 Å². The van der Waals surface area contributed by atoms with Crippen molar-refractivity contribution in [3.05, 3.63) is 53.6 Å². The fourth-order valence-electron chi connectivity index (χ4n) is 2.36. The number of nitrogens with two attached hydrogens (primary N) is 1. The lowest BCUT2D eigenvalue weighted by Crippen LogP contribution is -2.13. The average Bonchev–Trinajstić information content (AvgIpc) is 2.53. The van der Waals surface area contributed by atoms with Crippen molar-refractivity contribution in [3.63, 3.8) is 0 Å². The van der Waals surface area contributed by atoms with Gasteiger partial charge in [0.05, 0.1) is 22.3 Å². The minimum absolute atomic E-state index is 0.0782. The number of nitrogens with one attached hydrogen (secondary N) is 1. The van der Waals surface area contributed by atoms with Gasteiger partial charge in [-0.05, 0) is 56.7 Å². The van der Waals surface area contributed by atoms with Crippen LogP contribution >= 0.6 is 0 Å². The number of rotatable bonds is 6. The Balaban J connectivity index is 2.26. The third kappa shape index (κ3) is 4.95. The number of nitrogens with zero attached hydrogens (tertiary/aromatic N) is 1. The summed E-state index contributed by atoms with van der Waals surface area (Å²) in [4.78, 5) is -0.0883. The molecule has 25 heavy (non-hydrogen) atoms.